The lowest BCUT2D eigenvalue weighted by Crippen LogP contribution is -2.43. The molecule has 5 heteroatoms. The Kier molecular flexibility index (Phi) is 8.14. The number of rotatable bonds is 8. The highest BCUT2D eigenvalue weighted by atomic mass is 16.2. The molecule has 0 radical (unpaired) electrons. The molecule has 0 aromatic heterocycles. The van der Waals surface area contributed by atoms with Gasteiger partial charge in [0, 0.05) is 36.4 Å². The summed E-state index contributed by atoms with van der Waals surface area (Å²) < 4.78 is 0. The van der Waals surface area contributed by atoms with Gasteiger partial charge in [0.05, 0.1) is 5.69 Å². The Balaban J connectivity index is 2.55. The van der Waals surface area contributed by atoms with E-state index in [-0.39, 0.29) is 17.4 Å². The SMILES string of the molecule is CCN(CC)c1ccc(N=C(C(=O)N(CC)c2ccccc2)C(=O)C(C)(C)C)c(C)c1. The van der Waals surface area contributed by atoms with E-state index < -0.39 is 5.41 Å². The summed E-state index contributed by atoms with van der Waals surface area (Å²) in [6.07, 6.45) is 0. The maximum Gasteiger partial charge on any atom is 0.280 e. The quantitative estimate of drug-likeness (QED) is 0.413. The van der Waals surface area contributed by atoms with Crippen LogP contribution in [0.4, 0.5) is 17.1 Å². The predicted molar refractivity (Wildman–Crippen MR) is 131 cm³/mol. The number of aryl methyl sites for hydroxylation is 1. The molecular formula is C26H35N3O2. The Morgan fingerprint density at radius 2 is 1.48 bits per heavy atom. The van der Waals surface area contributed by atoms with Crippen LogP contribution in [0.25, 0.3) is 0 Å². The minimum atomic E-state index is -0.723. The van der Waals surface area contributed by atoms with Crippen LogP contribution in [0.1, 0.15) is 47.1 Å². The number of para-hydroxylation sites is 1. The Labute approximate surface area is 186 Å². The molecule has 166 valence electrons. The Hall–Kier alpha value is -2.95. The summed E-state index contributed by atoms with van der Waals surface area (Å²) in [6.45, 7) is 15.8. The second kappa shape index (κ2) is 10.4. The van der Waals surface area contributed by atoms with Crippen molar-refractivity contribution in [2.75, 3.05) is 29.4 Å². The molecule has 0 heterocycles. The number of hydrogen-bond donors (Lipinski definition) is 0. The van der Waals surface area contributed by atoms with E-state index in [9.17, 15) is 9.59 Å². The van der Waals surface area contributed by atoms with Crippen LogP contribution in [0.15, 0.2) is 53.5 Å². The number of ketones is 1. The minimum absolute atomic E-state index is 0.0307. The van der Waals surface area contributed by atoms with Crippen molar-refractivity contribution in [2.24, 2.45) is 10.4 Å². The van der Waals surface area contributed by atoms with Crippen LogP contribution in [0.5, 0.6) is 0 Å². The second-order valence-electron chi connectivity index (χ2n) is 8.57. The first-order valence-electron chi connectivity index (χ1n) is 11.0. The Bertz CT molecular complexity index is 939. The summed E-state index contributed by atoms with van der Waals surface area (Å²) in [6, 6.07) is 15.3. The van der Waals surface area contributed by atoms with Gasteiger partial charge in [-0.25, -0.2) is 4.99 Å². The van der Waals surface area contributed by atoms with Crippen LogP contribution in [-0.2, 0) is 9.59 Å². The summed E-state index contributed by atoms with van der Waals surface area (Å²) in [7, 11) is 0. The maximum atomic E-state index is 13.5. The number of aliphatic imine (C=N–C) groups is 1. The topological polar surface area (TPSA) is 53.0 Å². The van der Waals surface area contributed by atoms with Crippen LogP contribution in [0, 0.1) is 12.3 Å². The summed E-state index contributed by atoms with van der Waals surface area (Å²) in [5.74, 6) is -0.639. The molecule has 31 heavy (non-hydrogen) atoms. The van der Waals surface area contributed by atoms with E-state index in [2.05, 4.69) is 29.8 Å². The summed E-state index contributed by atoms with van der Waals surface area (Å²) in [5.41, 5.74) is 2.67. The third-order valence-corrected chi connectivity index (χ3v) is 5.27. The van der Waals surface area contributed by atoms with E-state index in [1.165, 1.54) is 0 Å². The maximum absolute atomic E-state index is 13.5. The molecule has 2 aromatic rings. The van der Waals surface area contributed by atoms with Gasteiger partial charge in [0.15, 0.2) is 11.5 Å². The van der Waals surface area contributed by atoms with Gasteiger partial charge in [-0.2, -0.15) is 0 Å². The van der Waals surface area contributed by atoms with Gasteiger partial charge in [-0.3, -0.25) is 9.59 Å². The first-order valence-corrected chi connectivity index (χ1v) is 11.0. The smallest absolute Gasteiger partial charge is 0.280 e. The molecule has 0 atom stereocenters. The molecule has 0 unspecified atom stereocenters. The third kappa shape index (κ3) is 5.81. The zero-order chi connectivity index (χ0) is 23.2. The number of anilines is 2. The van der Waals surface area contributed by atoms with Crippen LogP contribution in [0.2, 0.25) is 0 Å². The lowest BCUT2D eigenvalue weighted by molar-refractivity contribution is -0.121. The fourth-order valence-corrected chi connectivity index (χ4v) is 3.40. The number of benzene rings is 2. The molecule has 0 aliphatic heterocycles. The first-order chi connectivity index (χ1) is 14.6. The molecule has 0 N–H and O–H groups in total. The van der Waals surface area contributed by atoms with Gasteiger partial charge in [-0.05, 0) is 63.6 Å². The van der Waals surface area contributed by atoms with E-state index in [1.54, 1.807) is 4.90 Å². The van der Waals surface area contributed by atoms with Crippen molar-refractivity contribution in [3.8, 4) is 0 Å². The van der Waals surface area contributed by atoms with Crippen LogP contribution < -0.4 is 9.80 Å². The second-order valence-corrected chi connectivity index (χ2v) is 8.57. The van der Waals surface area contributed by atoms with Gasteiger partial charge >= 0.3 is 0 Å². The Morgan fingerprint density at radius 3 is 1.97 bits per heavy atom. The monoisotopic (exact) mass is 421 g/mol. The van der Waals surface area contributed by atoms with Crippen molar-refractivity contribution in [1.82, 2.24) is 0 Å². The number of amides is 1. The number of carbonyl (C=O) groups excluding carboxylic acids is 2. The molecule has 0 spiro atoms. The van der Waals surface area contributed by atoms with Crippen LogP contribution >= 0.6 is 0 Å². The molecule has 0 saturated carbocycles. The molecular weight excluding hydrogens is 386 g/mol. The van der Waals surface area contributed by atoms with Gasteiger partial charge in [-0.1, -0.05) is 39.0 Å². The summed E-state index contributed by atoms with van der Waals surface area (Å²) in [4.78, 5) is 35.2. The third-order valence-electron chi connectivity index (χ3n) is 5.27. The Morgan fingerprint density at radius 1 is 0.871 bits per heavy atom. The first kappa shape index (κ1) is 24.3. The molecule has 5 nitrogen and oxygen atoms in total. The van der Waals surface area contributed by atoms with Gasteiger partial charge in [0.1, 0.15) is 0 Å². The van der Waals surface area contributed by atoms with E-state index in [4.69, 9.17) is 0 Å². The standard InChI is InChI=1S/C26H35N3O2/c1-8-28(9-2)21-16-17-22(19(4)18-21)27-23(24(30)26(5,6)7)25(31)29(10-3)20-14-12-11-13-15-20/h11-18H,8-10H2,1-7H3. The number of hydrogen-bond acceptors (Lipinski definition) is 4. The van der Waals surface area contributed by atoms with Crippen LogP contribution in [0.3, 0.4) is 0 Å². The number of nitrogens with zero attached hydrogens (tertiary/aromatic N) is 3. The minimum Gasteiger partial charge on any atom is -0.372 e. The van der Waals surface area contributed by atoms with E-state index in [1.807, 2.05) is 77.1 Å². The van der Waals surface area contributed by atoms with Crippen molar-refractivity contribution < 1.29 is 9.59 Å². The van der Waals surface area contributed by atoms with E-state index in [0.29, 0.717) is 12.2 Å². The molecule has 0 bridgehead atoms. The highest BCUT2D eigenvalue weighted by Crippen LogP contribution is 2.27. The van der Waals surface area contributed by atoms with Gasteiger partial charge < -0.3 is 9.80 Å². The molecule has 2 aromatic carbocycles. The normalized spacial score (nSPS) is 11.9. The molecule has 1 amide bonds. The predicted octanol–water partition coefficient (Wildman–Crippen LogP) is 5.58. The number of carbonyl (C=O) groups is 2. The van der Waals surface area contributed by atoms with Crippen LogP contribution in [-0.4, -0.2) is 37.0 Å². The van der Waals surface area contributed by atoms with Gasteiger partial charge in [0.2, 0.25) is 0 Å². The zero-order valence-electron chi connectivity index (χ0n) is 19.9. The molecule has 0 saturated heterocycles. The summed E-state index contributed by atoms with van der Waals surface area (Å²) >= 11 is 0. The molecule has 0 aliphatic carbocycles. The van der Waals surface area contributed by atoms with Crippen molar-refractivity contribution >= 4 is 34.5 Å². The average molecular weight is 422 g/mol. The molecule has 2 rings (SSSR count). The highest BCUT2D eigenvalue weighted by molar-refractivity contribution is 6.68. The largest absolute Gasteiger partial charge is 0.372 e. The lowest BCUT2D eigenvalue weighted by Gasteiger charge is -2.25. The number of Topliss-reactive ketones (excluding diaryl/α,β-unsaturated/α-hetero) is 1. The zero-order valence-corrected chi connectivity index (χ0v) is 19.9. The fraction of sp³-hybridized carbons (Fsp3) is 0.423. The van der Waals surface area contributed by atoms with Crippen molar-refractivity contribution in [2.45, 2.75) is 48.5 Å². The fourth-order valence-electron chi connectivity index (χ4n) is 3.40. The van der Waals surface area contributed by atoms with E-state index in [0.717, 1.165) is 30.0 Å². The van der Waals surface area contributed by atoms with Crippen molar-refractivity contribution in [3.05, 3.63) is 54.1 Å². The molecule has 0 aliphatic rings. The lowest BCUT2D eigenvalue weighted by atomic mass is 9.87. The average Bonchev–Trinajstić information content (AvgIpc) is 2.74. The van der Waals surface area contributed by atoms with Crippen molar-refractivity contribution in [3.63, 3.8) is 0 Å². The van der Waals surface area contributed by atoms with Gasteiger partial charge in [0.25, 0.3) is 5.91 Å². The summed E-state index contributed by atoms with van der Waals surface area (Å²) in [5, 5.41) is 0. The molecule has 0 fully saturated rings. The van der Waals surface area contributed by atoms with E-state index >= 15 is 0 Å². The van der Waals surface area contributed by atoms with Crippen molar-refractivity contribution in [1.29, 1.82) is 0 Å². The van der Waals surface area contributed by atoms with Gasteiger partial charge in [-0.15, -0.1) is 0 Å². The highest BCUT2D eigenvalue weighted by Gasteiger charge is 2.33.